The summed E-state index contributed by atoms with van der Waals surface area (Å²) in [6.45, 7) is 7.26. The number of hydrogen-bond acceptors (Lipinski definition) is 6. The fourth-order valence-corrected chi connectivity index (χ4v) is 1.12. The zero-order chi connectivity index (χ0) is 14.3. The van der Waals surface area contributed by atoms with Crippen molar-refractivity contribution in [1.82, 2.24) is 0 Å². The molecule has 19 heavy (non-hydrogen) atoms. The van der Waals surface area contributed by atoms with E-state index in [1.807, 2.05) is 0 Å². The summed E-state index contributed by atoms with van der Waals surface area (Å²) in [6.07, 6.45) is 2.23. The molecule has 0 aliphatic carbocycles. The molecular formula is C13H27NO5. The van der Waals surface area contributed by atoms with Crippen LogP contribution in [0.25, 0.3) is 0 Å². The van der Waals surface area contributed by atoms with Crippen LogP contribution in [0.4, 0.5) is 0 Å². The Bertz CT molecular complexity index is 211. The van der Waals surface area contributed by atoms with Crippen LogP contribution in [0.15, 0.2) is 0 Å². The fourth-order valence-electron chi connectivity index (χ4n) is 1.12. The standard InChI is InChI=1S/C13H27NO5/c1-3-4-5-16-6-7-17-8-9-18-10-11-19-13(15)12(2)14/h12H,3-11,14H2,1-2H3/t12-/m1/s1. The van der Waals surface area contributed by atoms with Crippen LogP contribution in [0.3, 0.4) is 0 Å². The van der Waals surface area contributed by atoms with E-state index in [9.17, 15) is 4.79 Å². The lowest BCUT2D eigenvalue weighted by molar-refractivity contribution is -0.146. The van der Waals surface area contributed by atoms with Crippen LogP contribution in [-0.2, 0) is 23.7 Å². The number of ether oxygens (including phenoxy) is 4. The lowest BCUT2D eigenvalue weighted by Crippen LogP contribution is -2.29. The number of hydrogen-bond donors (Lipinski definition) is 1. The molecule has 0 aromatic carbocycles. The van der Waals surface area contributed by atoms with E-state index >= 15 is 0 Å². The van der Waals surface area contributed by atoms with Gasteiger partial charge in [0, 0.05) is 6.61 Å². The van der Waals surface area contributed by atoms with E-state index < -0.39 is 12.0 Å². The molecule has 0 unspecified atom stereocenters. The van der Waals surface area contributed by atoms with Crippen LogP contribution in [0.5, 0.6) is 0 Å². The van der Waals surface area contributed by atoms with Gasteiger partial charge in [0.2, 0.25) is 0 Å². The van der Waals surface area contributed by atoms with Crippen LogP contribution < -0.4 is 5.73 Å². The predicted molar refractivity (Wildman–Crippen MR) is 72.0 cm³/mol. The van der Waals surface area contributed by atoms with Gasteiger partial charge in [-0.15, -0.1) is 0 Å². The maximum atomic E-state index is 11.0. The third kappa shape index (κ3) is 13.5. The fraction of sp³-hybridized carbons (Fsp3) is 0.923. The van der Waals surface area contributed by atoms with Crippen molar-refractivity contribution in [2.75, 3.05) is 46.2 Å². The quantitative estimate of drug-likeness (QED) is 0.395. The second kappa shape index (κ2) is 13.7. The minimum Gasteiger partial charge on any atom is -0.462 e. The number of carbonyl (C=O) groups excluding carboxylic acids is 1. The second-order valence-electron chi connectivity index (χ2n) is 4.15. The smallest absolute Gasteiger partial charge is 0.322 e. The summed E-state index contributed by atoms with van der Waals surface area (Å²) in [6, 6.07) is -0.587. The highest BCUT2D eigenvalue weighted by Crippen LogP contribution is 1.88. The molecule has 0 fully saturated rings. The van der Waals surface area contributed by atoms with Gasteiger partial charge in [0.15, 0.2) is 0 Å². The summed E-state index contributed by atoms with van der Waals surface area (Å²) < 4.78 is 20.7. The Morgan fingerprint density at radius 3 is 1.89 bits per heavy atom. The molecule has 0 aromatic heterocycles. The van der Waals surface area contributed by atoms with Crippen molar-refractivity contribution in [3.8, 4) is 0 Å². The van der Waals surface area contributed by atoms with Crippen LogP contribution in [0, 0.1) is 0 Å². The summed E-state index contributed by atoms with van der Waals surface area (Å²) in [5, 5.41) is 0. The molecule has 2 N–H and O–H groups in total. The highest BCUT2D eigenvalue weighted by molar-refractivity contribution is 5.74. The molecule has 0 aliphatic rings. The van der Waals surface area contributed by atoms with Gasteiger partial charge in [0.05, 0.1) is 33.0 Å². The Hall–Kier alpha value is -0.690. The lowest BCUT2D eigenvalue weighted by atomic mass is 10.4. The third-order valence-corrected chi connectivity index (χ3v) is 2.23. The molecule has 114 valence electrons. The van der Waals surface area contributed by atoms with Gasteiger partial charge in [-0.05, 0) is 13.3 Å². The van der Waals surface area contributed by atoms with Gasteiger partial charge in [0.25, 0.3) is 0 Å². The van der Waals surface area contributed by atoms with Crippen molar-refractivity contribution < 1.29 is 23.7 Å². The number of carbonyl (C=O) groups is 1. The molecule has 0 amide bonds. The zero-order valence-electron chi connectivity index (χ0n) is 12.1. The van der Waals surface area contributed by atoms with E-state index in [2.05, 4.69) is 6.92 Å². The van der Waals surface area contributed by atoms with E-state index in [-0.39, 0.29) is 6.61 Å². The Morgan fingerprint density at radius 1 is 0.947 bits per heavy atom. The summed E-state index contributed by atoms with van der Waals surface area (Å²) in [4.78, 5) is 11.0. The van der Waals surface area contributed by atoms with Crippen molar-refractivity contribution >= 4 is 5.97 Å². The first-order valence-electron chi connectivity index (χ1n) is 6.84. The maximum absolute atomic E-state index is 11.0. The highest BCUT2D eigenvalue weighted by Gasteiger charge is 2.07. The molecule has 0 saturated heterocycles. The molecule has 0 heterocycles. The van der Waals surface area contributed by atoms with Crippen LogP contribution in [0.1, 0.15) is 26.7 Å². The summed E-state index contributed by atoms with van der Waals surface area (Å²) in [5.74, 6) is -0.413. The molecular weight excluding hydrogens is 250 g/mol. The van der Waals surface area contributed by atoms with E-state index in [1.165, 1.54) is 0 Å². The van der Waals surface area contributed by atoms with E-state index in [4.69, 9.17) is 24.7 Å². The average molecular weight is 277 g/mol. The molecule has 0 bridgehead atoms. The maximum Gasteiger partial charge on any atom is 0.322 e. The minimum absolute atomic E-state index is 0.223. The van der Waals surface area contributed by atoms with Crippen LogP contribution in [-0.4, -0.2) is 58.3 Å². The van der Waals surface area contributed by atoms with Gasteiger partial charge in [-0.1, -0.05) is 13.3 Å². The minimum atomic E-state index is -0.587. The lowest BCUT2D eigenvalue weighted by Gasteiger charge is -2.08. The summed E-state index contributed by atoms with van der Waals surface area (Å²) >= 11 is 0. The van der Waals surface area contributed by atoms with Gasteiger partial charge in [-0.3, -0.25) is 4.79 Å². The molecule has 6 heteroatoms. The molecule has 0 aromatic rings. The number of esters is 1. The largest absolute Gasteiger partial charge is 0.462 e. The second-order valence-corrected chi connectivity index (χ2v) is 4.15. The molecule has 0 radical (unpaired) electrons. The molecule has 0 saturated carbocycles. The summed E-state index contributed by atoms with van der Waals surface area (Å²) in [5.41, 5.74) is 5.33. The first kappa shape index (κ1) is 18.3. The van der Waals surface area contributed by atoms with Gasteiger partial charge in [-0.2, -0.15) is 0 Å². The van der Waals surface area contributed by atoms with Gasteiger partial charge in [0.1, 0.15) is 12.6 Å². The first-order chi connectivity index (χ1) is 9.18. The molecule has 0 rings (SSSR count). The molecule has 0 spiro atoms. The number of unbranched alkanes of at least 4 members (excludes halogenated alkanes) is 1. The van der Waals surface area contributed by atoms with Gasteiger partial charge < -0.3 is 24.7 Å². The zero-order valence-corrected chi connectivity index (χ0v) is 12.1. The third-order valence-electron chi connectivity index (χ3n) is 2.23. The Balaban J connectivity index is 3.05. The van der Waals surface area contributed by atoms with Crippen molar-refractivity contribution in [2.24, 2.45) is 5.73 Å². The number of nitrogens with two attached hydrogens (primary N) is 1. The Kier molecular flexibility index (Phi) is 13.2. The molecule has 1 atom stereocenters. The highest BCUT2D eigenvalue weighted by atomic mass is 16.6. The number of rotatable bonds is 13. The SMILES string of the molecule is CCCCOCCOCCOCCOC(=O)[C@@H](C)N. The van der Waals surface area contributed by atoms with Crippen molar-refractivity contribution in [1.29, 1.82) is 0 Å². The van der Waals surface area contributed by atoms with E-state index in [1.54, 1.807) is 6.92 Å². The van der Waals surface area contributed by atoms with Crippen LogP contribution in [0.2, 0.25) is 0 Å². The molecule has 6 nitrogen and oxygen atoms in total. The average Bonchev–Trinajstić information content (AvgIpc) is 2.39. The van der Waals surface area contributed by atoms with Crippen molar-refractivity contribution in [3.05, 3.63) is 0 Å². The summed E-state index contributed by atoms with van der Waals surface area (Å²) in [7, 11) is 0. The molecule has 0 aliphatic heterocycles. The Morgan fingerprint density at radius 2 is 1.42 bits per heavy atom. The normalized spacial score (nSPS) is 12.4. The topological polar surface area (TPSA) is 80.0 Å². The van der Waals surface area contributed by atoms with Gasteiger partial charge in [-0.25, -0.2) is 0 Å². The first-order valence-corrected chi connectivity index (χ1v) is 6.84. The van der Waals surface area contributed by atoms with Crippen molar-refractivity contribution in [2.45, 2.75) is 32.7 Å². The van der Waals surface area contributed by atoms with Crippen LogP contribution >= 0.6 is 0 Å². The van der Waals surface area contributed by atoms with Crippen molar-refractivity contribution in [3.63, 3.8) is 0 Å². The Labute approximate surface area is 115 Å². The van der Waals surface area contributed by atoms with Gasteiger partial charge >= 0.3 is 5.97 Å². The van der Waals surface area contributed by atoms with E-state index in [0.717, 1.165) is 19.4 Å². The monoisotopic (exact) mass is 277 g/mol. The predicted octanol–water partition coefficient (Wildman–Crippen LogP) is 0.727. The van der Waals surface area contributed by atoms with E-state index in [0.29, 0.717) is 33.0 Å².